The Kier molecular flexibility index (Phi) is 7.82. The van der Waals surface area contributed by atoms with Crippen LogP contribution in [0.3, 0.4) is 0 Å². The summed E-state index contributed by atoms with van der Waals surface area (Å²) in [5.41, 5.74) is 1.57. The fourth-order valence-corrected chi connectivity index (χ4v) is 3.54. The van der Waals surface area contributed by atoms with E-state index in [1.165, 1.54) is 10.6 Å². The van der Waals surface area contributed by atoms with Crippen molar-refractivity contribution in [1.29, 1.82) is 0 Å². The molecule has 0 amide bonds. The first-order valence-corrected chi connectivity index (χ1v) is 7.77. The molecule has 104 valence electrons. The van der Waals surface area contributed by atoms with Crippen molar-refractivity contribution in [2.24, 2.45) is 5.92 Å². The first-order chi connectivity index (χ1) is 9.31. The van der Waals surface area contributed by atoms with Crippen LogP contribution in [0.25, 0.3) is 0 Å². The molecule has 1 aromatic carbocycles. The molecular weight excluding hydrogens is 391 g/mol. The van der Waals surface area contributed by atoms with Crippen molar-refractivity contribution < 1.29 is 78.4 Å². The van der Waals surface area contributed by atoms with E-state index in [4.69, 9.17) is 9.47 Å². The van der Waals surface area contributed by atoms with E-state index in [-0.39, 0.29) is 74.3 Å². The Morgan fingerprint density at radius 3 is 2.50 bits per heavy atom. The van der Waals surface area contributed by atoms with Gasteiger partial charge in [0.15, 0.2) is 0 Å². The minimum atomic E-state index is 0. The summed E-state index contributed by atoms with van der Waals surface area (Å²) in [5.74, 6) is 0.574. The summed E-state index contributed by atoms with van der Waals surface area (Å²) in [6.45, 7) is 7.80. The number of benzene rings is 1. The first-order valence-electron chi connectivity index (χ1n) is 6.89. The van der Waals surface area contributed by atoms with Crippen molar-refractivity contribution >= 4 is 17.4 Å². The minimum Gasteiger partial charge on any atom is -0.542 e. The van der Waals surface area contributed by atoms with Gasteiger partial charge in [0.25, 0.3) is 0 Å². The van der Waals surface area contributed by atoms with Gasteiger partial charge in [0.2, 0.25) is 0 Å². The predicted octanol–water partition coefficient (Wildman–Crippen LogP) is 0.164. The monoisotopic (exact) mass is 411 g/mol. The number of rotatable bonds is 3. The number of morpholine rings is 1. The molecule has 0 saturated carbocycles. The van der Waals surface area contributed by atoms with Gasteiger partial charge in [-0.25, -0.2) is 6.61 Å². The Morgan fingerprint density at radius 2 is 1.90 bits per heavy atom. The van der Waals surface area contributed by atoms with Gasteiger partial charge in [-0.3, -0.25) is 0 Å². The Labute approximate surface area is 184 Å². The van der Waals surface area contributed by atoms with Crippen molar-refractivity contribution in [3.63, 3.8) is 0 Å². The van der Waals surface area contributed by atoms with Crippen LogP contribution in [0.5, 0.6) is 0 Å². The molecule has 2 fully saturated rings. The first kappa shape index (κ1) is 17.7. The molecule has 3 nitrogen and oxygen atoms in total. The molecule has 0 aliphatic carbocycles. The molecule has 1 aromatic rings. The maximum absolute atomic E-state index is 5.63. The summed E-state index contributed by atoms with van der Waals surface area (Å²) in [7, 11) is 0. The Bertz CT molecular complexity index is 409. The average molecular weight is 411 g/mol. The van der Waals surface area contributed by atoms with Gasteiger partial charge in [-0.05, 0) is 30.7 Å². The van der Waals surface area contributed by atoms with Crippen molar-refractivity contribution in [1.82, 2.24) is 0 Å². The van der Waals surface area contributed by atoms with Gasteiger partial charge in [0.1, 0.15) is 0 Å². The van der Waals surface area contributed by atoms with Crippen molar-refractivity contribution in [3.05, 3.63) is 30.9 Å². The minimum absolute atomic E-state index is 0. The van der Waals surface area contributed by atoms with Crippen LogP contribution in [0.2, 0.25) is 0 Å². The van der Waals surface area contributed by atoms with Crippen molar-refractivity contribution in [2.75, 3.05) is 31.2 Å². The molecule has 2 aliphatic rings. The number of thioether (sulfide) groups is 1. The van der Waals surface area contributed by atoms with Gasteiger partial charge in [0, 0.05) is 23.7 Å². The molecule has 0 radical (unpaired) electrons. The molecule has 2 aliphatic heterocycles. The van der Waals surface area contributed by atoms with E-state index in [0.29, 0.717) is 5.92 Å². The van der Waals surface area contributed by atoms with Crippen LogP contribution in [0, 0.1) is 12.5 Å². The number of ether oxygens (including phenoxy) is 2. The maximum atomic E-state index is 5.63. The summed E-state index contributed by atoms with van der Waals surface area (Å²) < 4.78 is 11.0. The van der Waals surface area contributed by atoms with Gasteiger partial charge >= 0.3 is 68.9 Å². The molecule has 20 heavy (non-hydrogen) atoms. The SMILES string of the molecule is C[C@H]1[CH-]OC(Sc2ccc(N3CCOCC3)cc2)C1.[Cs+]. The third-order valence-electron chi connectivity index (χ3n) is 3.51. The molecule has 0 aromatic heterocycles. The van der Waals surface area contributed by atoms with Crippen LogP contribution in [-0.4, -0.2) is 31.7 Å². The molecule has 0 N–H and O–H groups in total. The standard InChI is InChI=1S/C15H20NO2S.Cs/c1-12-10-15(18-11-12)19-14-4-2-13(3-5-14)16-6-8-17-9-7-16;/h2-5,11-12,15H,6-10H2,1H3;/q-1;+1/t12-,15?;/m1./s1. The van der Waals surface area contributed by atoms with E-state index >= 15 is 0 Å². The molecule has 2 saturated heterocycles. The zero-order chi connectivity index (χ0) is 13.1. The van der Waals surface area contributed by atoms with E-state index in [9.17, 15) is 0 Å². The van der Waals surface area contributed by atoms with Crippen LogP contribution in [0.1, 0.15) is 13.3 Å². The summed E-state index contributed by atoms with van der Waals surface area (Å²) >= 11 is 1.81. The molecule has 2 heterocycles. The summed E-state index contributed by atoms with van der Waals surface area (Å²) in [5, 5.41) is 0. The van der Waals surface area contributed by atoms with Crippen molar-refractivity contribution in [3.8, 4) is 0 Å². The quantitative estimate of drug-likeness (QED) is 0.661. The number of hydrogen-bond acceptors (Lipinski definition) is 4. The van der Waals surface area contributed by atoms with E-state index < -0.39 is 0 Å². The normalized spacial score (nSPS) is 26.4. The van der Waals surface area contributed by atoms with Crippen LogP contribution in [0.15, 0.2) is 29.2 Å². The second-order valence-corrected chi connectivity index (χ2v) is 6.36. The topological polar surface area (TPSA) is 21.7 Å². The van der Waals surface area contributed by atoms with Crippen LogP contribution >= 0.6 is 11.8 Å². The van der Waals surface area contributed by atoms with E-state index in [1.807, 2.05) is 18.4 Å². The van der Waals surface area contributed by atoms with Gasteiger partial charge in [-0.2, -0.15) is 0 Å². The largest absolute Gasteiger partial charge is 1.00 e. The second-order valence-electron chi connectivity index (χ2n) is 5.13. The van der Waals surface area contributed by atoms with Gasteiger partial charge in [-0.15, -0.1) is 5.92 Å². The number of anilines is 1. The fourth-order valence-electron chi connectivity index (χ4n) is 2.42. The zero-order valence-corrected chi connectivity index (χ0v) is 19.3. The van der Waals surface area contributed by atoms with Crippen LogP contribution in [0.4, 0.5) is 5.69 Å². The van der Waals surface area contributed by atoms with Gasteiger partial charge in [-0.1, -0.05) is 18.7 Å². The smallest absolute Gasteiger partial charge is 0.542 e. The summed E-state index contributed by atoms with van der Waals surface area (Å²) in [6.07, 6.45) is 1.11. The van der Waals surface area contributed by atoms with E-state index in [0.717, 1.165) is 32.7 Å². The number of hydrogen-bond donors (Lipinski definition) is 0. The van der Waals surface area contributed by atoms with Crippen molar-refractivity contribution in [2.45, 2.75) is 23.7 Å². The molecule has 0 spiro atoms. The summed E-state index contributed by atoms with van der Waals surface area (Å²) in [4.78, 5) is 3.66. The Balaban J connectivity index is 0.00000147. The van der Waals surface area contributed by atoms with Gasteiger partial charge < -0.3 is 14.4 Å². The maximum Gasteiger partial charge on any atom is 1.00 e. The molecule has 1 unspecified atom stereocenters. The third kappa shape index (κ3) is 4.93. The van der Waals surface area contributed by atoms with Crippen LogP contribution in [-0.2, 0) is 9.47 Å². The molecule has 0 bridgehead atoms. The average Bonchev–Trinajstić information content (AvgIpc) is 2.86. The van der Waals surface area contributed by atoms with E-state index in [1.54, 1.807) is 0 Å². The summed E-state index contributed by atoms with van der Waals surface area (Å²) in [6, 6.07) is 8.80. The van der Waals surface area contributed by atoms with Gasteiger partial charge in [0.05, 0.1) is 18.6 Å². The second kappa shape index (κ2) is 8.84. The molecule has 3 rings (SSSR count). The Hall–Kier alpha value is 1.34. The number of nitrogens with zero attached hydrogens (tertiary/aromatic N) is 1. The Morgan fingerprint density at radius 1 is 1.20 bits per heavy atom. The van der Waals surface area contributed by atoms with Crippen LogP contribution < -0.4 is 73.8 Å². The predicted molar refractivity (Wildman–Crippen MR) is 78.3 cm³/mol. The molecule has 5 heteroatoms. The zero-order valence-electron chi connectivity index (χ0n) is 12.2. The third-order valence-corrected chi connectivity index (χ3v) is 4.62. The molecule has 2 atom stereocenters. The fraction of sp³-hybridized carbons (Fsp3) is 0.533. The molecular formula is C15H20CsNO2S. The van der Waals surface area contributed by atoms with E-state index in [2.05, 4.69) is 36.1 Å².